The molecule has 0 amide bonds. The third-order valence-electron chi connectivity index (χ3n) is 4.28. The van der Waals surface area contributed by atoms with Gasteiger partial charge < -0.3 is 9.47 Å². The van der Waals surface area contributed by atoms with Gasteiger partial charge >= 0.3 is 0 Å². The monoisotopic (exact) mass is 366 g/mol. The first kappa shape index (κ1) is 16.7. The number of benzene rings is 2. The van der Waals surface area contributed by atoms with Crippen molar-refractivity contribution in [2.24, 2.45) is 0 Å². The van der Waals surface area contributed by atoms with E-state index in [4.69, 9.17) is 9.47 Å². The van der Waals surface area contributed by atoms with Gasteiger partial charge in [0, 0.05) is 10.5 Å². The van der Waals surface area contributed by atoms with Crippen molar-refractivity contribution < 1.29 is 14.3 Å². The Bertz CT molecular complexity index is 993. The van der Waals surface area contributed by atoms with Gasteiger partial charge in [-0.3, -0.25) is 4.79 Å². The van der Waals surface area contributed by atoms with Crippen LogP contribution >= 0.6 is 11.8 Å². The van der Waals surface area contributed by atoms with Gasteiger partial charge in [-0.25, -0.2) is 0 Å². The molecule has 0 unspecified atom stereocenters. The van der Waals surface area contributed by atoms with Crippen LogP contribution in [0.3, 0.4) is 0 Å². The number of hydrogen-bond donors (Lipinski definition) is 0. The molecule has 2 aromatic carbocycles. The zero-order valence-corrected chi connectivity index (χ0v) is 15.6. The molecule has 5 nitrogen and oxygen atoms in total. The number of carbonyl (C=O) groups excluding carboxylic acids is 1. The predicted molar refractivity (Wildman–Crippen MR) is 99.3 cm³/mol. The molecule has 0 atom stereocenters. The second-order valence-electron chi connectivity index (χ2n) is 6.20. The lowest BCUT2D eigenvalue weighted by atomic mass is 10.2. The van der Waals surface area contributed by atoms with Gasteiger partial charge in [-0.2, -0.15) is 9.78 Å². The summed E-state index contributed by atoms with van der Waals surface area (Å²) < 4.78 is 12.1. The lowest BCUT2D eigenvalue weighted by molar-refractivity contribution is 0.0941. The summed E-state index contributed by atoms with van der Waals surface area (Å²) in [6.45, 7) is 6.09. The fraction of sp³-hybridized carbons (Fsp3) is 0.200. The lowest BCUT2D eigenvalue weighted by Crippen LogP contribution is -2.15. The lowest BCUT2D eigenvalue weighted by Gasteiger charge is -2.06. The SMILES string of the molecule is Cc1ccc(Sc2c(C)nn(C(=O)c3ccc4c(c3)OCO4)c2C)cc1. The normalized spacial score (nSPS) is 12.4. The Balaban J connectivity index is 1.65. The second-order valence-corrected chi connectivity index (χ2v) is 7.28. The fourth-order valence-electron chi connectivity index (χ4n) is 2.85. The Morgan fingerprint density at radius 3 is 2.54 bits per heavy atom. The molecule has 0 bridgehead atoms. The minimum atomic E-state index is -0.181. The van der Waals surface area contributed by atoms with Crippen LogP contribution in [-0.2, 0) is 0 Å². The number of carbonyl (C=O) groups is 1. The molecule has 132 valence electrons. The van der Waals surface area contributed by atoms with Crippen molar-refractivity contribution in [3.8, 4) is 11.5 Å². The molecular weight excluding hydrogens is 348 g/mol. The van der Waals surface area contributed by atoms with Gasteiger partial charge in [0.2, 0.25) is 6.79 Å². The van der Waals surface area contributed by atoms with E-state index in [2.05, 4.69) is 36.3 Å². The van der Waals surface area contributed by atoms with Crippen molar-refractivity contribution in [3.05, 3.63) is 65.0 Å². The van der Waals surface area contributed by atoms with Crippen LogP contribution in [0.15, 0.2) is 52.3 Å². The van der Waals surface area contributed by atoms with Gasteiger partial charge in [-0.15, -0.1) is 0 Å². The maximum Gasteiger partial charge on any atom is 0.278 e. The molecule has 26 heavy (non-hydrogen) atoms. The molecule has 1 aromatic heterocycles. The average Bonchev–Trinajstić information content (AvgIpc) is 3.22. The number of aromatic nitrogens is 2. The minimum Gasteiger partial charge on any atom is -0.454 e. The summed E-state index contributed by atoms with van der Waals surface area (Å²) in [6.07, 6.45) is 0. The highest BCUT2D eigenvalue weighted by Crippen LogP contribution is 2.35. The highest BCUT2D eigenvalue weighted by molar-refractivity contribution is 7.99. The largest absolute Gasteiger partial charge is 0.454 e. The van der Waals surface area contributed by atoms with Crippen molar-refractivity contribution in [1.82, 2.24) is 9.78 Å². The van der Waals surface area contributed by atoms with Crippen LogP contribution < -0.4 is 9.47 Å². The first-order valence-electron chi connectivity index (χ1n) is 8.28. The molecule has 4 rings (SSSR count). The van der Waals surface area contributed by atoms with Crippen LogP contribution in [0.2, 0.25) is 0 Å². The quantitative estimate of drug-likeness (QED) is 0.689. The Labute approximate surface area is 155 Å². The van der Waals surface area contributed by atoms with Crippen molar-refractivity contribution in [2.75, 3.05) is 6.79 Å². The summed E-state index contributed by atoms with van der Waals surface area (Å²) in [5.41, 5.74) is 3.40. The third-order valence-corrected chi connectivity index (χ3v) is 5.58. The highest BCUT2D eigenvalue weighted by Gasteiger charge is 2.21. The maximum atomic E-state index is 12.9. The Kier molecular flexibility index (Phi) is 4.20. The molecule has 0 N–H and O–H groups in total. The molecule has 0 saturated heterocycles. The van der Waals surface area contributed by atoms with E-state index in [0.29, 0.717) is 17.1 Å². The Morgan fingerprint density at radius 1 is 1.04 bits per heavy atom. The molecular formula is C20H18N2O3S. The van der Waals surface area contributed by atoms with Crippen LogP contribution in [0.5, 0.6) is 11.5 Å². The second kappa shape index (κ2) is 6.53. The summed E-state index contributed by atoms with van der Waals surface area (Å²) in [5.74, 6) is 1.07. The average molecular weight is 366 g/mol. The fourth-order valence-corrected chi connectivity index (χ4v) is 3.78. The first-order valence-corrected chi connectivity index (χ1v) is 9.09. The molecule has 1 aliphatic rings. The summed E-state index contributed by atoms with van der Waals surface area (Å²) in [6, 6.07) is 13.5. The van der Waals surface area contributed by atoms with E-state index in [1.165, 1.54) is 10.2 Å². The van der Waals surface area contributed by atoms with Crippen LogP contribution in [0, 0.1) is 20.8 Å². The van der Waals surface area contributed by atoms with Gasteiger partial charge in [0.1, 0.15) is 0 Å². The van der Waals surface area contributed by atoms with Crippen LogP contribution in [0.1, 0.15) is 27.3 Å². The van der Waals surface area contributed by atoms with E-state index < -0.39 is 0 Å². The van der Waals surface area contributed by atoms with E-state index in [1.807, 2.05) is 13.8 Å². The molecule has 3 aromatic rings. The number of nitrogens with zero attached hydrogens (tertiary/aromatic N) is 2. The van der Waals surface area contributed by atoms with Crippen molar-refractivity contribution in [3.63, 3.8) is 0 Å². The molecule has 0 fully saturated rings. The number of fused-ring (bicyclic) bond motifs is 1. The molecule has 6 heteroatoms. The van der Waals surface area contributed by atoms with Crippen molar-refractivity contribution in [1.29, 1.82) is 0 Å². The van der Waals surface area contributed by atoms with Crippen LogP contribution in [0.4, 0.5) is 0 Å². The highest BCUT2D eigenvalue weighted by atomic mass is 32.2. The summed E-state index contributed by atoms with van der Waals surface area (Å²) >= 11 is 1.62. The predicted octanol–water partition coefficient (Wildman–Crippen LogP) is 4.38. The van der Waals surface area contributed by atoms with Gasteiger partial charge in [0.25, 0.3) is 5.91 Å². The van der Waals surface area contributed by atoms with Gasteiger partial charge in [0.05, 0.1) is 16.3 Å². The number of hydrogen-bond acceptors (Lipinski definition) is 5. The zero-order valence-electron chi connectivity index (χ0n) is 14.8. The van der Waals surface area contributed by atoms with Gasteiger partial charge in [-0.05, 0) is 51.1 Å². The zero-order chi connectivity index (χ0) is 18.3. The molecule has 0 aliphatic carbocycles. The Morgan fingerprint density at radius 2 is 1.77 bits per heavy atom. The van der Waals surface area contributed by atoms with Gasteiger partial charge in [0.15, 0.2) is 11.5 Å². The van der Waals surface area contributed by atoms with Crippen LogP contribution in [-0.4, -0.2) is 22.5 Å². The summed E-state index contributed by atoms with van der Waals surface area (Å²) in [5, 5.41) is 4.47. The van der Waals surface area contributed by atoms with Gasteiger partial charge in [-0.1, -0.05) is 29.5 Å². The molecule has 0 radical (unpaired) electrons. The first-order chi connectivity index (χ1) is 12.5. The molecule has 0 spiro atoms. The molecule has 0 saturated carbocycles. The number of rotatable bonds is 3. The topological polar surface area (TPSA) is 53.4 Å². The molecule has 1 aliphatic heterocycles. The Hall–Kier alpha value is -2.73. The maximum absolute atomic E-state index is 12.9. The van der Waals surface area contributed by atoms with E-state index in [-0.39, 0.29) is 12.7 Å². The van der Waals surface area contributed by atoms with E-state index in [0.717, 1.165) is 21.2 Å². The van der Waals surface area contributed by atoms with Crippen LogP contribution in [0.25, 0.3) is 0 Å². The van der Waals surface area contributed by atoms with Crippen molar-refractivity contribution >= 4 is 17.7 Å². The molecule has 2 heterocycles. The minimum absolute atomic E-state index is 0.181. The van der Waals surface area contributed by atoms with E-state index >= 15 is 0 Å². The van der Waals surface area contributed by atoms with E-state index in [1.54, 1.807) is 30.0 Å². The number of ether oxygens (including phenoxy) is 2. The smallest absolute Gasteiger partial charge is 0.278 e. The summed E-state index contributed by atoms with van der Waals surface area (Å²) in [4.78, 5) is 15.0. The standard InChI is InChI=1S/C20H18N2O3S/c1-12-4-7-16(8-5-12)26-19-13(2)21-22(14(19)3)20(23)15-6-9-17-18(10-15)25-11-24-17/h4-10H,11H2,1-3H3. The van der Waals surface area contributed by atoms with Crippen molar-refractivity contribution in [2.45, 2.75) is 30.6 Å². The summed E-state index contributed by atoms with van der Waals surface area (Å²) in [7, 11) is 0. The van der Waals surface area contributed by atoms with E-state index in [9.17, 15) is 4.79 Å². The number of aryl methyl sites for hydroxylation is 2. The third kappa shape index (κ3) is 2.97.